The highest BCUT2D eigenvalue weighted by Crippen LogP contribution is 2.36. The predicted molar refractivity (Wildman–Crippen MR) is 105 cm³/mol. The van der Waals surface area contributed by atoms with Gasteiger partial charge in [-0.2, -0.15) is 0 Å². The molecule has 0 saturated heterocycles. The number of ether oxygens (including phenoxy) is 1. The summed E-state index contributed by atoms with van der Waals surface area (Å²) in [4.78, 5) is 34.8. The van der Waals surface area contributed by atoms with Crippen LogP contribution in [0.2, 0.25) is 0 Å². The number of aromatic nitrogens is 3. The summed E-state index contributed by atoms with van der Waals surface area (Å²) < 4.78 is 19.6. The Balaban J connectivity index is 1.89. The Morgan fingerprint density at radius 1 is 1.30 bits per heavy atom. The van der Waals surface area contributed by atoms with E-state index in [0.29, 0.717) is 5.69 Å². The van der Waals surface area contributed by atoms with Crippen molar-refractivity contribution in [2.45, 2.75) is 31.8 Å². The summed E-state index contributed by atoms with van der Waals surface area (Å²) in [6.07, 6.45) is 3.41. The molecule has 0 unspecified atom stereocenters. The molecule has 30 heavy (non-hydrogen) atoms. The number of methoxy groups -OCH3 is 1. The molecule has 1 aliphatic rings. The number of anilines is 3. The number of amides is 2. The lowest BCUT2D eigenvalue weighted by Crippen LogP contribution is -2.45. The van der Waals surface area contributed by atoms with Crippen molar-refractivity contribution in [1.82, 2.24) is 20.3 Å². The number of carbonyl (C=O) groups is 2. The highest BCUT2D eigenvalue weighted by Gasteiger charge is 2.36. The lowest BCUT2D eigenvalue weighted by Gasteiger charge is -2.26. The molecule has 1 aliphatic carbocycles. The number of hydrogen-bond donors (Lipinski definition) is 5. The molecule has 6 N–H and O–H groups in total. The van der Waals surface area contributed by atoms with Crippen LogP contribution in [0.1, 0.15) is 30.1 Å². The number of nitrogens with two attached hydrogens (primary N) is 1. The number of nitrogens with one attached hydrogen (secondary N) is 3. The molecule has 11 nitrogen and oxygen atoms in total. The Bertz CT molecular complexity index is 937. The van der Waals surface area contributed by atoms with E-state index in [1.54, 1.807) is 6.92 Å². The van der Waals surface area contributed by atoms with Gasteiger partial charge in [-0.15, -0.1) is 0 Å². The smallest absolute Gasteiger partial charge is 0.404 e. The molecule has 0 aromatic carbocycles. The van der Waals surface area contributed by atoms with E-state index in [9.17, 15) is 14.0 Å². The number of carbonyl (C=O) groups excluding carboxylic acids is 1. The zero-order valence-corrected chi connectivity index (χ0v) is 16.3. The molecule has 0 bridgehead atoms. The Morgan fingerprint density at radius 2 is 1.97 bits per heavy atom. The molecule has 160 valence electrons. The van der Waals surface area contributed by atoms with Crippen LogP contribution >= 0.6 is 0 Å². The van der Waals surface area contributed by atoms with Gasteiger partial charge in [0.05, 0.1) is 36.8 Å². The largest absolute Gasteiger partial charge is 0.467 e. The zero-order valence-electron chi connectivity index (χ0n) is 16.3. The molecule has 2 atom stereocenters. The van der Waals surface area contributed by atoms with Crippen LogP contribution in [-0.4, -0.2) is 51.3 Å². The van der Waals surface area contributed by atoms with E-state index in [1.165, 1.54) is 19.5 Å². The van der Waals surface area contributed by atoms with E-state index in [2.05, 4.69) is 30.9 Å². The van der Waals surface area contributed by atoms with Crippen LogP contribution in [0.25, 0.3) is 0 Å². The average Bonchev–Trinajstić information content (AvgIpc) is 3.52. The third-order valence-corrected chi connectivity index (χ3v) is 4.64. The summed E-state index contributed by atoms with van der Waals surface area (Å²) in [5.41, 5.74) is 5.58. The fourth-order valence-corrected chi connectivity index (χ4v) is 3.04. The lowest BCUT2D eigenvalue weighted by atomic mass is 10.0. The van der Waals surface area contributed by atoms with Crippen molar-refractivity contribution in [2.75, 3.05) is 17.7 Å². The Morgan fingerprint density at radius 3 is 2.50 bits per heavy atom. The molecule has 3 rings (SSSR count). The van der Waals surface area contributed by atoms with Crippen LogP contribution in [0, 0.1) is 11.7 Å². The predicted octanol–water partition coefficient (Wildman–Crippen LogP) is 1.71. The van der Waals surface area contributed by atoms with E-state index >= 15 is 0 Å². The van der Waals surface area contributed by atoms with Crippen molar-refractivity contribution in [3.63, 3.8) is 0 Å². The number of primary amides is 1. The highest BCUT2D eigenvalue weighted by atomic mass is 19.1. The minimum Gasteiger partial charge on any atom is -0.467 e. The van der Waals surface area contributed by atoms with Gasteiger partial charge in [0.1, 0.15) is 5.82 Å². The van der Waals surface area contributed by atoms with Gasteiger partial charge in [-0.3, -0.25) is 4.79 Å². The first-order valence-electron chi connectivity index (χ1n) is 9.18. The Kier molecular flexibility index (Phi) is 6.14. The van der Waals surface area contributed by atoms with Crippen LogP contribution in [0.3, 0.4) is 0 Å². The summed E-state index contributed by atoms with van der Waals surface area (Å²) in [5.74, 6) is -1.60. The quantitative estimate of drug-likeness (QED) is 0.407. The fourth-order valence-electron chi connectivity index (χ4n) is 3.04. The molecule has 0 radical (unpaired) electrons. The van der Waals surface area contributed by atoms with Crippen molar-refractivity contribution in [3.05, 3.63) is 29.8 Å². The van der Waals surface area contributed by atoms with Crippen molar-refractivity contribution in [2.24, 2.45) is 11.7 Å². The monoisotopic (exact) mass is 419 g/mol. The lowest BCUT2D eigenvalue weighted by molar-refractivity contribution is 0.1000. The van der Waals surface area contributed by atoms with Gasteiger partial charge >= 0.3 is 12.1 Å². The van der Waals surface area contributed by atoms with Crippen LogP contribution in [-0.2, 0) is 0 Å². The first-order chi connectivity index (χ1) is 14.3. The molecule has 0 aliphatic heterocycles. The van der Waals surface area contributed by atoms with Gasteiger partial charge in [0, 0.05) is 6.04 Å². The fraction of sp³-hybridized carbons (Fsp3) is 0.389. The molecule has 12 heteroatoms. The molecule has 2 amide bonds. The maximum absolute atomic E-state index is 14.7. The van der Waals surface area contributed by atoms with Crippen LogP contribution in [0.5, 0.6) is 6.01 Å². The molecule has 0 spiro atoms. The number of halogens is 1. The van der Waals surface area contributed by atoms with E-state index in [-0.39, 0.29) is 35.2 Å². The molecular weight excluding hydrogens is 397 g/mol. The van der Waals surface area contributed by atoms with Crippen LogP contribution in [0.15, 0.2) is 18.5 Å². The summed E-state index contributed by atoms with van der Waals surface area (Å²) >= 11 is 0. The minimum absolute atomic E-state index is 0.00793. The second-order valence-corrected chi connectivity index (χ2v) is 6.91. The molecular formula is C18H22FN7O4. The van der Waals surface area contributed by atoms with Gasteiger partial charge in [0.25, 0.3) is 5.91 Å². The third kappa shape index (κ3) is 5.01. The van der Waals surface area contributed by atoms with Crippen molar-refractivity contribution in [3.8, 4) is 6.01 Å². The molecule has 2 aromatic heterocycles. The number of rotatable bonds is 9. The summed E-state index contributed by atoms with van der Waals surface area (Å²) in [6.45, 7) is 1.69. The van der Waals surface area contributed by atoms with Gasteiger partial charge in [0.2, 0.25) is 0 Å². The zero-order chi connectivity index (χ0) is 21.8. The SMILES string of the molecule is COc1ncc(Nc2nc(N[C@H](C3CC3)[C@H](C)NC(=O)O)c(F)cc2C(N)=O)cn1. The van der Waals surface area contributed by atoms with Crippen molar-refractivity contribution in [1.29, 1.82) is 0 Å². The van der Waals surface area contributed by atoms with Crippen molar-refractivity contribution < 1.29 is 23.8 Å². The summed E-state index contributed by atoms with van der Waals surface area (Å²) in [6, 6.07) is 0.263. The van der Waals surface area contributed by atoms with Crippen LogP contribution < -0.4 is 26.4 Å². The first kappa shape index (κ1) is 21.0. The first-order valence-corrected chi connectivity index (χ1v) is 9.18. The van der Waals surface area contributed by atoms with E-state index in [0.717, 1.165) is 18.9 Å². The van der Waals surface area contributed by atoms with Crippen molar-refractivity contribution >= 4 is 29.3 Å². The normalized spacial score (nSPS) is 15.0. The maximum Gasteiger partial charge on any atom is 0.404 e. The van der Waals surface area contributed by atoms with Crippen LogP contribution in [0.4, 0.5) is 26.5 Å². The molecule has 1 saturated carbocycles. The number of carboxylic acid groups (broad SMARTS) is 1. The maximum atomic E-state index is 14.7. The molecule has 2 heterocycles. The number of pyridine rings is 1. The third-order valence-electron chi connectivity index (χ3n) is 4.64. The van der Waals surface area contributed by atoms with E-state index in [1.807, 2.05) is 0 Å². The van der Waals surface area contributed by atoms with Gasteiger partial charge in [0.15, 0.2) is 11.6 Å². The number of hydrogen-bond acceptors (Lipinski definition) is 8. The van der Waals surface area contributed by atoms with E-state index in [4.69, 9.17) is 15.6 Å². The van der Waals surface area contributed by atoms with Gasteiger partial charge < -0.3 is 31.5 Å². The second-order valence-electron chi connectivity index (χ2n) is 6.91. The van der Waals surface area contributed by atoms with Gasteiger partial charge in [-0.1, -0.05) is 0 Å². The Hall–Kier alpha value is -3.70. The summed E-state index contributed by atoms with van der Waals surface area (Å²) in [5, 5.41) is 17.2. The molecule has 1 fully saturated rings. The number of nitrogens with zero attached hydrogens (tertiary/aromatic N) is 3. The topological polar surface area (TPSA) is 164 Å². The minimum atomic E-state index is -1.17. The van der Waals surface area contributed by atoms with Gasteiger partial charge in [-0.05, 0) is 31.7 Å². The molecule has 2 aromatic rings. The summed E-state index contributed by atoms with van der Waals surface area (Å²) in [7, 11) is 1.42. The van der Waals surface area contributed by atoms with Gasteiger partial charge in [-0.25, -0.2) is 24.1 Å². The average molecular weight is 419 g/mol. The second kappa shape index (κ2) is 8.76. The highest BCUT2D eigenvalue weighted by molar-refractivity contribution is 5.98. The standard InChI is InChI=1S/C18H22FN7O4/c1-8(23-18(28)29)13(9-3-4-9)25-16-12(19)5-11(14(20)27)15(26-16)24-10-6-21-17(30-2)22-7-10/h5-9,13,23H,3-4H2,1-2H3,(H2,20,27)(H,28,29)(H2,24,25,26)/t8-,13-/m0/s1. The Labute approximate surface area is 171 Å². The van der Waals surface area contributed by atoms with E-state index < -0.39 is 23.9 Å².